The molecule has 0 unspecified atom stereocenters. The molecule has 1 heterocycles. The van der Waals surface area contributed by atoms with Crippen LogP contribution in [0.15, 0.2) is 88.8 Å². The lowest BCUT2D eigenvalue weighted by molar-refractivity contribution is -0.118. The van der Waals surface area contributed by atoms with E-state index in [0.29, 0.717) is 32.2 Å². The molecule has 6 nitrogen and oxygen atoms in total. The van der Waals surface area contributed by atoms with Crippen LogP contribution in [-0.2, 0) is 9.59 Å². The number of nitrogens with one attached hydrogen (secondary N) is 2. The summed E-state index contributed by atoms with van der Waals surface area (Å²) in [5.74, 6) is 0.0473. The van der Waals surface area contributed by atoms with Gasteiger partial charge in [-0.2, -0.15) is 0 Å². The average Bonchev–Trinajstić information content (AvgIpc) is 3.13. The number of rotatable bonds is 6. The Balaban J connectivity index is 1.39. The third-order valence-electron chi connectivity index (χ3n) is 4.29. The summed E-state index contributed by atoms with van der Waals surface area (Å²) in [5.41, 5.74) is 2.18. The molecule has 3 aromatic rings. The number of nitrogens with zero attached hydrogens (tertiary/aromatic N) is 1. The Labute approximate surface area is 194 Å². The molecule has 1 aliphatic rings. The van der Waals surface area contributed by atoms with Crippen molar-refractivity contribution in [2.45, 2.75) is 0 Å². The van der Waals surface area contributed by atoms with Crippen LogP contribution >= 0.6 is 23.4 Å². The lowest BCUT2D eigenvalue weighted by atomic mass is 10.2. The fourth-order valence-corrected chi connectivity index (χ4v) is 3.79. The van der Waals surface area contributed by atoms with Gasteiger partial charge in [0.15, 0.2) is 11.8 Å². The Hall–Kier alpha value is -3.55. The maximum atomic E-state index is 12.3. The monoisotopic (exact) mass is 463 g/mol. The van der Waals surface area contributed by atoms with Crippen LogP contribution in [-0.4, -0.2) is 23.6 Å². The molecule has 160 valence electrons. The van der Waals surface area contributed by atoms with E-state index in [4.69, 9.17) is 16.3 Å². The lowest BCUT2D eigenvalue weighted by Gasteiger charge is -2.08. The number of hydrogen-bond donors (Lipinski definition) is 2. The standard InChI is InChI=1S/C24H18ClN3O3S/c25-17-9-11-19(12-10-17)27-24-28-23(30)21(32-24)14-16-5-4-8-20(13-16)31-15-22(29)26-18-6-2-1-3-7-18/h1-14H,15H2,(H,26,29)(H,27,28,30)/b21-14-. The van der Waals surface area contributed by atoms with Crippen LogP contribution in [0.25, 0.3) is 6.08 Å². The van der Waals surface area contributed by atoms with Gasteiger partial charge in [0, 0.05) is 10.7 Å². The number of aliphatic imine (C=N–C) groups is 1. The summed E-state index contributed by atoms with van der Waals surface area (Å²) < 4.78 is 5.60. The molecule has 1 fully saturated rings. The van der Waals surface area contributed by atoms with E-state index in [1.807, 2.05) is 24.3 Å². The SMILES string of the molecule is O=C(COc1cccc(/C=C2\SC(=Nc3ccc(Cl)cc3)NC2=O)c1)Nc1ccccc1. The van der Waals surface area contributed by atoms with E-state index in [0.717, 1.165) is 5.56 Å². The second-order valence-electron chi connectivity index (χ2n) is 6.73. The van der Waals surface area contributed by atoms with Gasteiger partial charge in [0.1, 0.15) is 5.75 Å². The molecule has 0 atom stereocenters. The highest BCUT2D eigenvalue weighted by Gasteiger charge is 2.23. The van der Waals surface area contributed by atoms with Crippen molar-refractivity contribution in [3.8, 4) is 5.75 Å². The zero-order chi connectivity index (χ0) is 22.3. The zero-order valence-electron chi connectivity index (χ0n) is 16.7. The molecule has 0 spiro atoms. The Morgan fingerprint density at radius 3 is 2.62 bits per heavy atom. The molecule has 0 saturated carbocycles. The maximum Gasteiger partial charge on any atom is 0.264 e. The molecule has 2 N–H and O–H groups in total. The van der Waals surface area contributed by atoms with Crippen molar-refractivity contribution < 1.29 is 14.3 Å². The van der Waals surface area contributed by atoms with Crippen molar-refractivity contribution in [1.29, 1.82) is 0 Å². The summed E-state index contributed by atoms with van der Waals surface area (Å²) in [5, 5.41) is 6.64. The van der Waals surface area contributed by atoms with Gasteiger partial charge in [-0.25, -0.2) is 4.99 Å². The number of carbonyl (C=O) groups is 2. The van der Waals surface area contributed by atoms with Gasteiger partial charge in [-0.3, -0.25) is 9.59 Å². The van der Waals surface area contributed by atoms with Gasteiger partial charge in [-0.15, -0.1) is 0 Å². The average molecular weight is 464 g/mol. The van der Waals surface area contributed by atoms with E-state index in [1.165, 1.54) is 11.8 Å². The summed E-state index contributed by atoms with van der Waals surface area (Å²) in [4.78, 5) is 29.3. The number of benzene rings is 3. The van der Waals surface area contributed by atoms with Gasteiger partial charge >= 0.3 is 0 Å². The first-order valence-electron chi connectivity index (χ1n) is 9.68. The fourth-order valence-electron chi connectivity index (χ4n) is 2.83. The van der Waals surface area contributed by atoms with Crippen LogP contribution in [0.1, 0.15) is 5.56 Å². The Bertz CT molecular complexity index is 1190. The molecule has 1 aliphatic heterocycles. The number of amides is 2. The van der Waals surface area contributed by atoms with Gasteiger partial charge < -0.3 is 15.4 Å². The number of para-hydroxylation sites is 1. The smallest absolute Gasteiger partial charge is 0.264 e. The number of amidine groups is 1. The summed E-state index contributed by atoms with van der Waals surface area (Å²) >= 11 is 7.14. The van der Waals surface area contributed by atoms with E-state index >= 15 is 0 Å². The third-order valence-corrected chi connectivity index (χ3v) is 5.45. The number of halogens is 1. The van der Waals surface area contributed by atoms with Crippen LogP contribution in [0.4, 0.5) is 11.4 Å². The number of thioether (sulfide) groups is 1. The summed E-state index contributed by atoms with van der Waals surface area (Å²) in [7, 11) is 0. The molecule has 1 saturated heterocycles. The number of anilines is 1. The van der Waals surface area contributed by atoms with Crippen molar-refractivity contribution in [2.24, 2.45) is 4.99 Å². The van der Waals surface area contributed by atoms with Crippen molar-refractivity contribution in [1.82, 2.24) is 5.32 Å². The fraction of sp³-hybridized carbons (Fsp3) is 0.0417. The second-order valence-corrected chi connectivity index (χ2v) is 8.20. The summed E-state index contributed by atoms with van der Waals surface area (Å²) in [6, 6.07) is 23.4. The Kier molecular flexibility index (Phi) is 6.89. The van der Waals surface area contributed by atoms with Crippen molar-refractivity contribution in [2.75, 3.05) is 11.9 Å². The normalized spacial score (nSPS) is 15.6. The molecule has 8 heteroatoms. The Morgan fingerprint density at radius 2 is 1.84 bits per heavy atom. The molecule has 2 amide bonds. The van der Waals surface area contributed by atoms with Crippen molar-refractivity contribution in [3.05, 3.63) is 94.4 Å². The van der Waals surface area contributed by atoms with Gasteiger partial charge in [-0.1, -0.05) is 41.9 Å². The Morgan fingerprint density at radius 1 is 1.06 bits per heavy atom. The van der Waals surface area contributed by atoms with Gasteiger partial charge in [0.05, 0.1) is 10.6 Å². The lowest BCUT2D eigenvalue weighted by Crippen LogP contribution is -2.20. The van der Waals surface area contributed by atoms with Gasteiger partial charge in [0.25, 0.3) is 11.8 Å². The number of carbonyl (C=O) groups excluding carboxylic acids is 2. The van der Waals surface area contributed by atoms with Crippen molar-refractivity contribution in [3.63, 3.8) is 0 Å². The topological polar surface area (TPSA) is 79.8 Å². The maximum absolute atomic E-state index is 12.3. The van der Waals surface area contributed by atoms with E-state index in [9.17, 15) is 9.59 Å². The van der Waals surface area contributed by atoms with E-state index in [2.05, 4.69) is 15.6 Å². The van der Waals surface area contributed by atoms with Crippen LogP contribution in [0.5, 0.6) is 5.75 Å². The van der Waals surface area contributed by atoms with Crippen LogP contribution in [0.3, 0.4) is 0 Å². The summed E-state index contributed by atoms with van der Waals surface area (Å²) in [6.07, 6.45) is 1.75. The first-order valence-corrected chi connectivity index (χ1v) is 10.9. The van der Waals surface area contributed by atoms with Gasteiger partial charge in [-0.05, 0) is 71.9 Å². The highest BCUT2D eigenvalue weighted by atomic mass is 35.5. The van der Waals surface area contributed by atoms with Crippen LogP contribution in [0.2, 0.25) is 5.02 Å². The number of hydrogen-bond acceptors (Lipinski definition) is 5. The highest BCUT2D eigenvalue weighted by molar-refractivity contribution is 8.18. The van der Waals surface area contributed by atoms with Crippen LogP contribution in [0, 0.1) is 0 Å². The van der Waals surface area contributed by atoms with E-state index < -0.39 is 0 Å². The quantitative estimate of drug-likeness (QED) is 0.489. The van der Waals surface area contributed by atoms with Crippen LogP contribution < -0.4 is 15.4 Å². The molecule has 32 heavy (non-hydrogen) atoms. The first-order chi connectivity index (χ1) is 15.5. The molecule has 4 rings (SSSR count). The molecule has 0 aromatic heterocycles. The number of ether oxygens (including phenoxy) is 1. The molecule has 0 bridgehead atoms. The predicted octanol–water partition coefficient (Wildman–Crippen LogP) is 5.25. The zero-order valence-corrected chi connectivity index (χ0v) is 18.3. The molecule has 0 radical (unpaired) electrons. The largest absolute Gasteiger partial charge is 0.484 e. The van der Waals surface area contributed by atoms with E-state index in [1.54, 1.807) is 60.7 Å². The molecule has 3 aromatic carbocycles. The molecular weight excluding hydrogens is 446 g/mol. The third kappa shape index (κ3) is 6.00. The minimum Gasteiger partial charge on any atom is -0.484 e. The van der Waals surface area contributed by atoms with E-state index in [-0.39, 0.29) is 18.4 Å². The summed E-state index contributed by atoms with van der Waals surface area (Å²) in [6.45, 7) is -0.123. The predicted molar refractivity (Wildman–Crippen MR) is 129 cm³/mol. The second kappa shape index (κ2) is 10.2. The molecular formula is C24H18ClN3O3S. The first kappa shape index (κ1) is 21.7. The minimum absolute atomic E-state index is 0.123. The highest BCUT2D eigenvalue weighted by Crippen LogP contribution is 2.29. The minimum atomic E-state index is -0.256. The molecule has 0 aliphatic carbocycles. The van der Waals surface area contributed by atoms with Gasteiger partial charge in [0.2, 0.25) is 0 Å². The van der Waals surface area contributed by atoms with Crippen molar-refractivity contribution >= 4 is 57.8 Å².